The maximum atomic E-state index is 12.2. The molecule has 0 aliphatic rings. The Bertz CT molecular complexity index is 958. The van der Waals surface area contributed by atoms with E-state index in [2.05, 4.69) is 26.8 Å². The molecule has 0 unspecified atom stereocenters. The van der Waals surface area contributed by atoms with Crippen molar-refractivity contribution in [1.82, 2.24) is 10.9 Å². The quantitative estimate of drug-likeness (QED) is 0.517. The van der Waals surface area contributed by atoms with E-state index < -0.39 is 11.8 Å². The third kappa shape index (κ3) is 3.97. The van der Waals surface area contributed by atoms with Crippen LogP contribution in [0.15, 0.2) is 63.5 Å². The Morgan fingerprint density at radius 2 is 1.76 bits per heavy atom. The van der Waals surface area contributed by atoms with E-state index in [9.17, 15) is 9.59 Å². The van der Waals surface area contributed by atoms with Crippen molar-refractivity contribution in [3.8, 4) is 0 Å². The lowest BCUT2D eigenvalue weighted by Crippen LogP contribution is -2.40. The van der Waals surface area contributed by atoms with Gasteiger partial charge in [0.2, 0.25) is 0 Å². The molecule has 2 amide bonds. The molecule has 0 atom stereocenters. The molecule has 0 saturated heterocycles. The minimum Gasteiger partial charge on any atom is -0.451 e. The van der Waals surface area contributed by atoms with Crippen molar-refractivity contribution in [3.63, 3.8) is 0 Å². The maximum absolute atomic E-state index is 12.2. The molecule has 0 bridgehead atoms. The van der Waals surface area contributed by atoms with Gasteiger partial charge in [-0.05, 0) is 36.8 Å². The van der Waals surface area contributed by atoms with E-state index in [1.807, 2.05) is 42.5 Å². The summed E-state index contributed by atoms with van der Waals surface area (Å²) in [6.07, 6.45) is 3.00. The van der Waals surface area contributed by atoms with Crippen LogP contribution in [0.25, 0.3) is 17.0 Å². The lowest BCUT2D eigenvalue weighted by Gasteiger charge is -2.03. The Hall–Kier alpha value is -2.86. The minimum absolute atomic E-state index is 0.179. The molecule has 0 aliphatic heterocycles. The zero-order valence-corrected chi connectivity index (χ0v) is 15.0. The molecule has 0 saturated carbocycles. The van der Waals surface area contributed by atoms with Crippen LogP contribution in [0.1, 0.15) is 21.7 Å². The third-order valence-corrected chi connectivity index (χ3v) is 4.17. The van der Waals surface area contributed by atoms with Crippen LogP contribution in [0.2, 0.25) is 0 Å². The molecule has 0 radical (unpaired) electrons. The lowest BCUT2D eigenvalue weighted by atomic mass is 10.1. The molecular formula is C19H15BrN2O3. The highest BCUT2D eigenvalue weighted by atomic mass is 79.9. The average molecular weight is 399 g/mol. The number of amides is 2. The lowest BCUT2D eigenvalue weighted by molar-refractivity contribution is -0.117. The van der Waals surface area contributed by atoms with Gasteiger partial charge < -0.3 is 4.42 Å². The average Bonchev–Trinajstić information content (AvgIpc) is 2.96. The van der Waals surface area contributed by atoms with Crippen LogP contribution in [0.4, 0.5) is 0 Å². The van der Waals surface area contributed by atoms with Crippen molar-refractivity contribution in [2.75, 3.05) is 0 Å². The fraction of sp³-hybridized carbons (Fsp3) is 0.0526. The van der Waals surface area contributed by atoms with E-state index in [0.29, 0.717) is 5.58 Å². The molecule has 126 valence electrons. The van der Waals surface area contributed by atoms with Crippen molar-refractivity contribution in [2.45, 2.75) is 6.92 Å². The number of halogens is 1. The monoisotopic (exact) mass is 398 g/mol. The first-order valence-corrected chi connectivity index (χ1v) is 8.36. The molecular weight excluding hydrogens is 384 g/mol. The predicted octanol–water partition coefficient (Wildman–Crippen LogP) is 3.98. The van der Waals surface area contributed by atoms with Gasteiger partial charge in [0.1, 0.15) is 5.58 Å². The summed E-state index contributed by atoms with van der Waals surface area (Å²) in [5.41, 5.74) is 6.93. The molecule has 0 fully saturated rings. The molecule has 2 aromatic carbocycles. The van der Waals surface area contributed by atoms with Gasteiger partial charge in [0.15, 0.2) is 5.76 Å². The van der Waals surface area contributed by atoms with Crippen molar-refractivity contribution >= 4 is 44.8 Å². The Labute approximate surface area is 152 Å². The summed E-state index contributed by atoms with van der Waals surface area (Å²) in [4.78, 5) is 24.0. The van der Waals surface area contributed by atoms with Crippen LogP contribution in [0.3, 0.4) is 0 Å². The molecule has 1 heterocycles. The minimum atomic E-state index is -0.501. The number of fused-ring (bicyclic) bond motifs is 1. The molecule has 3 aromatic rings. The van der Waals surface area contributed by atoms with E-state index in [0.717, 1.165) is 21.0 Å². The topological polar surface area (TPSA) is 71.3 Å². The maximum Gasteiger partial charge on any atom is 0.305 e. The zero-order chi connectivity index (χ0) is 17.8. The molecule has 2 N–H and O–H groups in total. The first-order valence-electron chi connectivity index (χ1n) is 7.56. The van der Waals surface area contributed by atoms with Crippen LogP contribution < -0.4 is 10.9 Å². The number of carbonyl (C=O) groups is 2. The predicted molar refractivity (Wildman–Crippen MR) is 99.7 cm³/mol. The van der Waals surface area contributed by atoms with Crippen LogP contribution in [-0.2, 0) is 4.79 Å². The van der Waals surface area contributed by atoms with Gasteiger partial charge in [0.05, 0.1) is 0 Å². The molecule has 1 aromatic heterocycles. The van der Waals surface area contributed by atoms with Crippen LogP contribution in [-0.4, -0.2) is 11.8 Å². The number of hydrazine groups is 1. The van der Waals surface area contributed by atoms with Crippen molar-refractivity contribution in [1.29, 1.82) is 0 Å². The van der Waals surface area contributed by atoms with Gasteiger partial charge in [0, 0.05) is 21.5 Å². The van der Waals surface area contributed by atoms with Gasteiger partial charge in [0.25, 0.3) is 5.91 Å². The number of nitrogens with one attached hydrogen (secondary N) is 2. The van der Waals surface area contributed by atoms with Gasteiger partial charge in [-0.25, -0.2) is 0 Å². The van der Waals surface area contributed by atoms with Crippen molar-refractivity contribution in [3.05, 3.63) is 76.0 Å². The van der Waals surface area contributed by atoms with Gasteiger partial charge in [-0.15, -0.1) is 0 Å². The normalized spacial score (nSPS) is 11.0. The van der Waals surface area contributed by atoms with Crippen LogP contribution >= 0.6 is 15.9 Å². The fourth-order valence-corrected chi connectivity index (χ4v) is 2.62. The van der Waals surface area contributed by atoms with Crippen molar-refractivity contribution in [2.24, 2.45) is 0 Å². The van der Waals surface area contributed by atoms with Gasteiger partial charge in [-0.2, -0.15) is 0 Å². The summed E-state index contributed by atoms with van der Waals surface area (Å²) in [6.45, 7) is 1.80. The highest BCUT2D eigenvalue weighted by Crippen LogP contribution is 2.24. The highest BCUT2D eigenvalue weighted by Gasteiger charge is 2.17. The number of aryl methyl sites for hydroxylation is 1. The number of hydrogen-bond acceptors (Lipinski definition) is 3. The Morgan fingerprint density at radius 1 is 1.04 bits per heavy atom. The highest BCUT2D eigenvalue weighted by molar-refractivity contribution is 9.10. The molecule has 0 aliphatic carbocycles. The Kier molecular flexibility index (Phi) is 5.00. The number of furan rings is 1. The Morgan fingerprint density at radius 3 is 2.48 bits per heavy atom. The van der Waals surface area contributed by atoms with Crippen LogP contribution in [0, 0.1) is 6.92 Å². The van der Waals surface area contributed by atoms with Crippen LogP contribution in [0.5, 0.6) is 0 Å². The van der Waals surface area contributed by atoms with Gasteiger partial charge >= 0.3 is 5.91 Å². The summed E-state index contributed by atoms with van der Waals surface area (Å²) >= 11 is 3.35. The number of benzene rings is 2. The number of para-hydroxylation sites is 1. The largest absolute Gasteiger partial charge is 0.451 e. The molecule has 25 heavy (non-hydrogen) atoms. The standard InChI is InChI=1S/C19H15BrN2O3/c1-12-15-4-2-3-5-16(15)25-18(12)19(24)22-21-17(23)11-8-13-6-9-14(20)10-7-13/h2-11H,1H3,(H,21,23)(H,22,24)/b11-8+. The second-order valence-electron chi connectivity index (χ2n) is 5.38. The molecule has 6 heteroatoms. The zero-order valence-electron chi connectivity index (χ0n) is 13.4. The summed E-state index contributed by atoms with van der Waals surface area (Å²) in [7, 11) is 0. The van der Waals surface area contributed by atoms with Crippen molar-refractivity contribution < 1.29 is 14.0 Å². The van der Waals surface area contributed by atoms with E-state index in [4.69, 9.17) is 4.42 Å². The number of carbonyl (C=O) groups excluding carboxylic acids is 2. The van der Waals surface area contributed by atoms with Gasteiger partial charge in [-0.1, -0.05) is 46.3 Å². The summed E-state index contributed by atoms with van der Waals surface area (Å²) < 4.78 is 6.51. The number of rotatable bonds is 3. The second-order valence-corrected chi connectivity index (χ2v) is 6.30. The first-order chi connectivity index (χ1) is 12.0. The molecule has 5 nitrogen and oxygen atoms in total. The molecule has 3 rings (SSSR count). The fourth-order valence-electron chi connectivity index (χ4n) is 2.35. The van der Waals surface area contributed by atoms with E-state index in [1.165, 1.54) is 6.08 Å². The van der Waals surface area contributed by atoms with E-state index >= 15 is 0 Å². The molecule has 0 spiro atoms. The van der Waals surface area contributed by atoms with E-state index in [-0.39, 0.29) is 5.76 Å². The second kappa shape index (κ2) is 7.36. The first kappa shape index (κ1) is 17.0. The number of hydrogen-bond donors (Lipinski definition) is 2. The third-order valence-electron chi connectivity index (χ3n) is 3.65. The summed E-state index contributed by atoms with van der Waals surface area (Å²) in [5, 5.41) is 0.870. The SMILES string of the molecule is Cc1c(C(=O)NNC(=O)/C=C/c2ccc(Br)cc2)oc2ccccc12. The van der Waals surface area contributed by atoms with Gasteiger partial charge in [-0.3, -0.25) is 20.4 Å². The van der Waals surface area contributed by atoms with E-state index in [1.54, 1.807) is 19.1 Å². The smallest absolute Gasteiger partial charge is 0.305 e. The summed E-state index contributed by atoms with van der Waals surface area (Å²) in [6, 6.07) is 14.9. The summed E-state index contributed by atoms with van der Waals surface area (Å²) in [5.74, 6) is -0.762. The Balaban J connectivity index is 1.62.